The summed E-state index contributed by atoms with van der Waals surface area (Å²) in [4.78, 5) is 19.6. The molecular formula is C23H23Cl3N4OS. The third-order valence-electron chi connectivity index (χ3n) is 5.50. The number of piperidine rings is 1. The third-order valence-corrected chi connectivity index (χ3v) is 7.16. The number of carbonyl (C=O) groups excluding carboxylic acids is 1. The monoisotopic (exact) mass is 508 g/mol. The van der Waals surface area contributed by atoms with E-state index in [2.05, 4.69) is 14.6 Å². The Morgan fingerprint density at radius 3 is 2.69 bits per heavy atom. The molecule has 1 atom stereocenters. The second-order valence-electron chi connectivity index (χ2n) is 7.86. The molecule has 1 saturated heterocycles. The lowest BCUT2D eigenvalue weighted by molar-refractivity contribution is -0.125. The van der Waals surface area contributed by atoms with Crippen molar-refractivity contribution in [3.8, 4) is 0 Å². The van der Waals surface area contributed by atoms with Crippen LogP contribution in [0.4, 0.5) is 5.13 Å². The minimum atomic E-state index is -0.0620. The van der Waals surface area contributed by atoms with Crippen LogP contribution in [0.25, 0.3) is 0 Å². The molecule has 3 aromatic rings. The highest BCUT2D eigenvalue weighted by Crippen LogP contribution is 2.26. The molecule has 1 amide bonds. The van der Waals surface area contributed by atoms with Gasteiger partial charge in [-0.2, -0.15) is 4.37 Å². The van der Waals surface area contributed by atoms with Crippen LogP contribution in [0.1, 0.15) is 29.8 Å². The van der Waals surface area contributed by atoms with Crippen molar-refractivity contribution >= 4 is 57.4 Å². The van der Waals surface area contributed by atoms with E-state index in [-0.39, 0.29) is 11.8 Å². The number of aromatic nitrogens is 2. The Kier molecular flexibility index (Phi) is 7.89. The molecule has 5 nitrogen and oxygen atoms in total. The first-order valence-electron chi connectivity index (χ1n) is 10.5. The molecule has 4 rings (SSSR count). The maximum Gasteiger partial charge on any atom is 0.224 e. The number of nitrogens with zero attached hydrogens (tertiary/aromatic N) is 3. The number of hydrogen-bond acceptors (Lipinski definition) is 5. The van der Waals surface area contributed by atoms with Gasteiger partial charge < -0.3 is 10.2 Å². The summed E-state index contributed by atoms with van der Waals surface area (Å²) < 4.78 is 4.51. The van der Waals surface area contributed by atoms with E-state index in [0.29, 0.717) is 36.0 Å². The van der Waals surface area contributed by atoms with E-state index in [9.17, 15) is 4.79 Å². The van der Waals surface area contributed by atoms with Gasteiger partial charge in [-0.15, -0.1) is 0 Å². The van der Waals surface area contributed by atoms with Gasteiger partial charge in [-0.25, -0.2) is 4.98 Å². The lowest BCUT2D eigenvalue weighted by Crippen LogP contribution is -2.43. The molecule has 1 aromatic heterocycles. The molecule has 0 aliphatic carbocycles. The van der Waals surface area contributed by atoms with E-state index < -0.39 is 0 Å². The maximum atomic E-state index is 12.7. The molecule has 9 heteroatoms. The normalized spacial score (nSPS) is 16.2. The molecule has 0 bridgehead atoms. The summed E-state index contributed by atoms with van der Waals surface area (Å²) in [7, 11) is 0. The first-order valence-corrected chi connectivity index (χ1v) is 12.4. The Morgan fingerprint density at radius 2 is 1.91 bits per heavy atom. The van der Waals surface area contributed by atoms with Gasteiger partial charge in [-0.1, -0.05) is 53.0 Å². The van der Waals surface area contributed by atoms with E-state index in [4.69, 9.17) is 39.8 Å². The second-order valence-corrected chi connectivity index (χ2v) is 9.87. The van der Waals surface area contributed by atoms with Crippen LogP contribution in [-0.4, -0.2) is 34.9 Å². The number of halogens is 3. The number of carbonyl (C=O) groups is 1. The standard InChI is InChI=1S/C23H23Cl3N4OS/c24-18-6-3-15(4-7-18)12-21-28-23(32-29-21)30-11-1-2-17(14-30)22(31)27-10-9-16-5-8-19(25)13-20(16)26/h3-8,13,17H,1-2,9-12,14H2,(H,27,31). The lowest BCUT2D eigenvalue weighted by Gasteiger charge is -2.31. The van der Waals surface area contributed by atoms with Crippen LogP contribution >= 0.6 is 46.3 Å². The summed E-state index contributed by atoms with van der Waals surface area (Å²) in [5.74, 6) is 0.803. The average molecular weight is 510 g/mol. The molecule has 0 saturated carbocycles. The van der Waals surface area contributed by atoms with E-state index in [1.165, 1.54) is 11.5 Å². The highest BCUT2D eigenvalue weighted by Gasteiger charge is 2.27. The predicted molar refractivity (Wildman–Crippen MR) is 132 cm³/mol. The summed E-state index contributed by atoms with van der Waals surface area (Å²) >= 11 is 19.5. The molecule has 32 heavy (non-hydrogen) atoms. The zero-order chi connectivity index (χ0) is 22.5. The van der Waals surface area contributed by atoms with E-state index >= 15 is 0 Å². The van der Waals surface area contributed by atoms with Gasteiger partial charge in [0.2, 0.25) is 11.0 Å². The number of rotatable bonds is 7. The first kappa shape index (κ1) is 23.3. The van der Waals surface area contributed by atoms with Gasteiger partial charge >= 0.3 is 0 Å². The summed E-state index contributed by atoms with van der Waals surface area (Å²) in [6, 6.07) is 13.2. The highest BCUT2D eigenvalue weighted by molar-refractivity contribution is 7.09. The van der Waals surface area contributed by atoms with Crippen LogP contribution in [0.3, 0.4) is 0 Å². The van der Waals surface area contributed by atoms with Crippen molar-refractivity contribution in [2.75, 3.05) is 24.5 Å². The quantitative estimate of drug-likeness (QED) is 0.446. The van der Waals surface area contributed by atoms with Crippen molar-refractivity contribution in [2.45, 2.75) is 25.7 Å². The molecule has 1 fully saturated rings. The van der Waals surface area contributed by atoms with Crippen molar-refractivity contribution < 1.29 is 4.79 Å². The van der Waals surface area contributed by atoms with Crippen molar-refractivity contribution in [1.82, 2.24) is 14.7 Å². The van der Waals surface area contributed by atoms with Crippen molar-refractivity contribution in [2.24, 2.45) is 5.92 Å². The fourth-order valence-corrected chi connectivity index (χ4v) is 5.13. The van der Waals surface area contributed by atoms with Gasteiger partial charge in [0.05, 0.1) is 5.92 Å². The fourth-order valence-electron chi connectivity index (χ4n) is 3.78. The Balaban J connectivity index is 1.29. The van der Waals surface area contributed by atoms with Crippen LogP contribution in [0.15, 0.2) is 42.5 Å². The number of anilines is 1. The zero-order valence-electron chi connectivity index (χ0n) is 17.4. The number of nitrogens with one attached hydrogen (secondary N) is 1. The van der Waals surface area contributed by atoms with Crippen molar-refractivity contribution in [3.05, 3.63) is 74.5 Å². The van der Waals surface area contributed by atoms with E-state index in [1.54, 1.807) is 6.07 Å². The van der Waals surface area contributed by atoms with Crippen LogP contribution in [0, 0.1) is 5.92 Å². The van der Waals surface area contributed by atoms with Crippen LogP contribution in [-0.2, 0) is 17.6 Å². The van der Waals surface area contributed by atoms with E-state index in [0.717, 1.165) is 46.5 Å². The Labute approximate surface area is 206 Å². The average Bonchev–Trinajstić information content (AvgIpc) is 3.25. The van der Waals surface area contributed by atoms with Gasteiger partial charge in [-0.3, -0.25) is 4.79 Å². The Morgan fingerprint density at radius 1 is 1.12 bits per heavy atom. The molecule has 1 N–H and O–H groups in total. The molecule has 1 unspecified atom stereocenters. The first-order chi connectivity index (χ1) is 15.5. The minimum absolute atomic E-state index is 0.0620. The molecule has 1 aliphatic rings. The fraction of sp³-hybridized carbons (Fsp3) is 0.348. The zero-order valence-corrected chi connectivity index (χ0v) is 20.4. The largest absolute Gasteiger partial charge is 0.355 e. The summed E-state index contributed by atoms with van der Waals surface area (Å²) in [6.07, 6.45) is 3.16. The third kappa shape index (κ3) is 6.13. The lowest BCUT2D eigenvalue weighted by atomic mass is 9.97. The predicted octanol–water partition coefficient (Wildman–Crippen LogP) is 5.66. The second kappa shape index (κ2) is 10.8. The molecular weight excluding hydrogens is 487 g/mol. The molecule has 2 aromatic carbocycles. The molecule has 1 aliphatic heterocycles. The number of benzene rings is 2. The molecule has 0 radical (unpaired) electrons. The SMILES string of the molecule is O=C(NCCc1ccc(Cl)cc1Cl)C1CCCN(c2nc(Cc3ccc(Cl)cc3)ns2)C1. The summed E-state index contributed by atoms with van der Waals surface area (Å²) in [5, 5.41) is 5.88. The van der Waals surface area contributed by atoms with Gasteiger partial charge in [0, 0.05) is 52.7 Å². The van der Waals surface area contributed by atoms with Gasteiger partial charge in [0.1, 0.15) is 5.82 Å². The van der Waals surface area contributed by atoms with Crippen LogP contribution in [0.2, 0.25) is 15.1 Å². The maximum absolute atomic E-state index is 12.7. The van der Waals surface area contributed by atoms with Gasteiger partial charge in [-0.05, 0) is 54.7 Å². The molecule has 168 valence electrons. The van der Waals surface area contributed by atoms with E-state index in [1.807, 2.05) is 36.4 Å². The summed E-state index contributed by atoms with van der Waals surface area (Å²) in [5.41, 5.74) is 2.10. The van der Waals surface area contributed by atoms with Crippen LogP contribution in [0.5, 0.6) is 0 Å². The number of amides is 1. The minimum Gasteiger partial charge on any atom is -0.355 e. The topological polar surface area (TPSA) is 58.1 Å². The number of hydrogen-bond donors (Lipinski definition) is 1. The Bertz CT molecular complexity index is 1070. The van der Waals surface area contributed by atoms with Crippen molar-refractivity contribution in [1.29, 1.82) is 0 Å². The Hall–Kier alpha value is -1.86. The highest BCUT2D eigenvalue weighted by atomic mass is 35.5. The van der Waals surface area contributed by atoms with Crippen LogP contribution < -0.4 is 10.2 Å². The van der Waals surface area contributed by atoms with Crippen molar-refractivity contribution in [3.63, 3.8) is 0 Å². The summed E-state index contributed by atoms with van der Waals surface area (Å²) in [6.45, 7) is 2.09. The molecule has 0 spiro atoms. The smallest absolute Gasteiger partial charge is 0.224 e. The van der Waals surface area contributed by atoms with Gasteiger partial charge in [0.15, 0.2) is 0 Å². The molecule has 2 heterocycles. The van der Waals surface area contributed by atoms with Gasteiger partial charge in [0.25, 0.3) is 0 Å².